The van der Waals surface area contributed by atoms with Crippen LogP contribution >= 0.6 is 24.7 Å². The molecular formula is C4H10BrOP. The van der Waals surface area contributed by atoms with Gasteiger partial charge >= 0.3 is 0 Å². The smallest absolute Gasteiger partial charge is 0.0558 e. The number of halogens is 1. The summed E-state index contributed by atoms with van der Waals surface area (Å²) in [5.74, 6) is 0. The van der Waals surface area contributed by atoms with E-state index in [-0.39, 0.29) is 0 Å². The van der Waals surface area contributed by atoms with E-state index in [9.17, 15) is 0 Å². The van der Waals surface area contributed by atoms with Crippen LogP contribution in [0, 0.1) is 0 Å². The average Bonchev–Trinajstić information content (AvgIpc) is 1.61. The molecule has 0 rings (SSSR count). The van der Waals surface area contributed by atoms with Crippen molar-refractivity contribution in [2.45, 2.75) is 20.0 Å². The van der Waals surface area contributed by atoms with E-state index in [1.807, 2.05) is 13.8 Å². The van der Waals surface area contributed by atoms with E-state index in [1.54, 1.807) is 0 Å². The van der Waals surface area contributed by atoms with Crippen molar-refractivity contribution in [3.05, 3.63) is 0 Å². The fraction of sp³-hybridized carbons (Fsp3) is 1.00. The third-order valence-corrected chi connectivity index (χ3v) is 1.81. The monoisotopic (exact) mass is 184 g/mol. The van der Waals surface area contributed by atoms with Gasteiger partial charge in [0.2, 0.25) is 0 Å². The summed E-state index contributed by atoms with van der Waals surface area (Å²) in [5, 5.41) is 0.963. The summed E-state index contributed by atoms with van der Waals surface area (Å²) >= 11 is 3.27. The van der Waals surface area contributed by atoms with Crippen molar-refractivity contribution in [2.24, 2.45) is 0 Å². The number of alkyl halides is 1. The van der Waals surface area contributed by atoms with Gasteiger partial charge in [0.25, 0.3) is 0 Å². The van der Waals surface area contributed by atoms with Crippen LogP contribution in [0.25, 0.3) is 0 Å². The second kappa shape index (κ2) is 5.02. The van der Waals surface area contributed by atoms with E-state index in [1.165, 1.54) is 0 Å². The van der Waals surface area contributed by atoms with Crippen molar-refractivity contribution in [2.75, 3.05) is 5.07 Å². The largest absolute Gasteiger partial charge is 0.359 e. The molecule has 0 aromatic rings. The molecule has 7 heavy (non-hydrogen) atoms. The minimum Gasteiger partial charge on any atom is -0.359 e. The molecule has 0 heterocycles. The van der Waals surface area contributed by atoms with E-state index < -0.39 is 0 Å². The van der Waals surface area contributed by atoms with Crippen LogP contribution in [0.4, 0.5) is 0 Å². The molecular weight excluding hydrogens is 175 g/mol. The van der Waals surface area contributed by atoms with Gasteiger partial charge in [0.15, 0.2) is 0 Å². The third kappa shape index (κ3) is 6.87. The molecule has 0 fully saturated rings. The Hall–Kier alpha value is 0.870. The molecule has 0 aliphatic rings. The lowest BCUT2D eigenvalue weighted by molar-refractivity contribution is 0.281. The number of rotatable bonds is 3. The fourth-order valence-corrected chi connectivity index (χ4v) is 0.991. The summed E-state index contributed by atoms with van der Waals surface area (Å²) < 4.78 is 5.17. The molecule has 1 atom stereocenters. The first-order valence-electron chi connectivity index (χ1n) is 2.22. The first-order valence-corrected chi connectivity index (χ1v) is 4.45. The van der Waals surface area contributed by atoms with Gasteiger partial charge in [-0.15, -0.1) is 0 Å². The van der Waals surface area contributed by atoms with E-state index in [0.717, 1.165) is 5.07 Å². The number of hydrogen-bond acceptors (Lipinski definition) is 1. The maximum absolute atomic E-state index is 5.17. The van der Waals surface area contributed by atoms with E-state index in [0.29, 0.717) is 14.9 Å². The standard InChI is InChI=1S/C4H10BrOP/c1-4(2)6-7-3-5/h4,7H,3H2,1-2H3. The summed E-state index contributed by atoms with van der Waals surface area (Å²) in [6.45, 7) is 4.07. The van der Waals surface area contributed by atoms with Crippen molar-refractivity contribution < 1.29 is 4.52 Å². The molecule has 0 radical (unpaired) electrons. The maximum Gasteiger partial charge on any atom is 0.0558 e. The van der Waals surface area contributed by atoms with Crippen molar-refractivity contribution in [1.29, 1.82) is 0 Å². The molecule has 0 saturated heterocycles. The lowest BCUT2D eigenvalue weighted by atomic mass is 10.5. The quantitative estimate of drug-likeness (QED) is 0.484. The van der Waals surface area contributed by atoms with Crippen molar-refractivity contribution in [3.63, 3.8) is 0 Å². The lowest BCUT2D eigenvalue weighted by Gasteiger charge is -2.02. The van der Waals surface area contributed by atoms with Crippen LogP contribution in [-0.4, -0.2) is 11.2 Å². The molecule has 0 aliphatic carbocycles. The van der Waals surface area contributed by atoms with Crippen LogP contribution < -0.4 is 0 Å². The summed E-state index contributed by atoms with van der Waals surface area (Å²) in [6.07, 6.45) is 0.385. The molecule has 3 heteroatoms. The van der Waals surface area contributed by atoms with Crippen LogP contribution in [0.3, 0.4) is 0 Å². The van der Waals surface area contributed by atoms with E-state index in [4.69, 9.17) is 4.52 Å². The molecule has 44 valence electrons. The van der Waals surface area contributed by atoms with Crippen molar-refractivity contribution in [3.8, 4) is 0 Å². The summed E-state index contributed by atoms with van der Waals surface area (Å²) in [4.78, 5) is 0. The molecule has 1 nitrogen and oxygen atoms in total. The Bertz CT molecular complexity index is 40.7. The highest BCUT2D eigenvalue weighted by atomic mass is 79.9. The van der Waals surface area contributed by atoms with Crippen LogP contribution in [0.2, 0.25) is 0 Å². The molecule has 0 aromatic carbocycles. The molecule has 1 unspecified atom stereocenters. The summed E-state index contributed by atoms with van der Waals surface area (Å²) in [5.41, 5.74) is 0. The van der Waals surface area contributed by atoms with Gasteiger partial charge < -0.3 is 4.52 Å². The van der Waals surface area contributed by atoms with Gasteiger partial charge in [0.05, 0.1) is 6.10 Å². The zero-order valence-corrected chi connectivity index (χ0v) is 7.16. The normalized spacial score (nSPS) is 12.0. The molecule has 0 bridgehead atoms. The molecule has 0 saturated carbocycles. The first kappa shape index (κ1) is 7.87. The predicted molar refractivity (Wildman–Crippen MR) is 38.3 cm³/mol. The third-order valence-electron chi connectivity index (χ3n) is 0.374. The van der Waals surface area contributed by atoms with Gasteiger partial charge in [0, 0.05) is 13.9 Å². The van der Waals surface area contributed by atoms with Gasteiger partial charge in [-0.25, -0.2) is 0 Å². The Morgan fingerprint density at radius 2 is 2.29 bits per heavy atom. The Kier molecular flexibility index (Phi) is 5.64. The van der Waals surface area contributed by atoms with Crippen LogP contribution in [0.1, 0.15) is 13.8 Å². The SMILES string of the molecule is CC(C)OPCBr. The Morgan fingerprint density at radius 1 is 1.71 bits per heavy atom. The van der Waals surface area contributed by atoms with Crippen LogP contribution in [-0.2, 0) is 4.52 Å². The highest BCUT2D eigenvalue weighted by molar-refractivity contribution is 9.10. The van der Waals surface area contributed by atoms with Crippen LogP contribution in [0.15, 0.2) is 0 Å². The zero-order valence-electron chi connectivity index (χ0n) is 4.57. The van der Waals surface area contributed by atoms with Gasteiger partial charge in [-0.3, -0.25) is 0 Å². The lowest BCUT2D eigenvalue weighted by Crippen LogP contribution is -1.91. The fourth-order valence-electron chi connectivity index (χ4n) is 0.198. The maximum atomic E-state index is 5.17. The molecule has 0 aliphatic heterocycles. The first-order chi connectivity index (χ1) is 3.27. The summed E-state index contributed by atoms with van der Waals surface area (Å²) in [7, 11) is 0.612. The van der Waals surface area contributed by atoms with Crippen LogP contribution in [0.5, 0.6) is 0 Å². The van der Waals surface area contributed by atoms with Gasteiger partial charge in [-0.1, -0.05) is 15.9 Å². The molecule has 0 aromatic heterocycles. The molecule has 0 N–H and O–H groups in total. The van der Waals surface area contributed by atoms with Crippen molar-refractivity contribution in [1.82, 2.24) is 0 Å². The predicted octanol–water partition coefficient (Wildman–Crippen LogP) is 2.36. The Morgan fingerprint density at radius 3 is 2.43 bits per heavy atom. The average molecular weight is 185 g/mol. The van der Waals surface area contributed by atoms with Gasteiger partial charge in [0.1, 0.15) is 0 Å². The number of hydrogen-bond donors (Lipinski definition) is 0. The topological polar surface area (TPSA) is 9.23 Å². The second-order valence-electron chi connectivity index (χ2n) is 1.44. The second-order valence-corrected chi connectivity index (χ2v) is 3.92. The molecule has 0 spiro atoms. The van der Waals surface area contributed by atoms with Gasteiger partial charge in [-0.2, -0.15) is 0 Å². The van der Waals surface area contributed by atoms with E-state index >= 15 is 0 Å². The minimum atomic E-state index is 0.385. The highest BCUT2D eigenvalue weighted by Gasteiger charge is 1.87. The summed E-state index contributed by atoms with van der Waals surface area (Å²) in [6, 6.07) is 0. The zero-order chi connectivity index (χ0) is 5.70. The Balaban J connectivity index is 2.68. The highest BCUT2D eigenvalue weighted by Crippen LogP contribution is 2.16. The Labute approximate surface area is 54.8 Å². The van der Waals surface area contributed by atoms with Crippen molar-refractivity contribution >= 4 is 24.7 Å². The van der Waals surface area contributed by atoms with Gasteiger partial charge in [-0.05, 0) is 13.8 Å². The minimum absolute atomic E-state index is 0.385. The molecule has 0 amide bonds. The van der Waals surface area contributed by atoms with E-state index in [2.05, 4.69) is 15.9 Å².